The van der Waals surface area contributed by atoms with Crippen LogP contribution in [0.3, 0.4) is 0 Å². The van der Waals surface area contributed by atoms with E-state index in [2.05, 4.69) is 214 Å². The topological polar surface area (TPSA) is 15.3 Å². The van der Waals surface area contributed by atoms with E-state index in [1.807, 2.05) is 11.3 Å². The van der Waals surface area contributed by atoms with Crippen molar-refractivity contribution in [2.75, 3.05) is 10.2 Å². The molecule has 0 amide bonds. The average Bonchev–Trinajstić information content (AvgIpc) is 3.76. The largest absolute Gasteiger partial charge is 0.355 e. The summed E-state index contributed by atoms with van der Waals surface area (Å²) in [5.74, 6) is 0. The molecule has 0 saturated carbocycles. The summed E-state index contributed by atoms with van der Waals surface area (Å²) in [6.07, 6.45) is 0. The van der Waals surface area contributed by atoms with Gasteiger partial charge < -0.3 is 10.2 Å². The first-order valence-electron chi connectivity index (χ1n) is 21.4. The average molecular weight is 799 g/mol. The molecule has 1 N–H and O–H groups in total. The third-order valence-corrected chi connectivity index (χ3v) is 14.5. The van der Waals surface area contributed by atoms with E-state index < -0.39 is 0 Å². The zero-order valence-electron chi connectivity index (χ0n) is 34.8. The van der Waals surface area contributed by atoms with Crippen molar-refractivity contribution in [3.05, 3.63) is 198 Å². The highest BCUT2D eigenvalue weighted by molar-refractivity contribution is 7.25. The van der Waals surface area contributed by atoms with Crippen LogP contribution < -0.4 is 21.1 Å². The Morgan fingerprint density at radius 2 is 1.26 bits per heavy atom. The van der Waals surface area contributed by atoms with E-state index in [1.165, 1.54) is 115 Å². The molecule has 12 rings (SSSR count). The van der Waals surface area contributed by atoms with E-state index in [1.54, 1.807) is 0 Å². The first kappa shape index (κ1) is 36.0. The van der Waals surface area contributed by atoms with Crippen molar-refractivity contribution in [2.45, 2.75) is 33.1 Å². The van der Waals surface area contributed by atoms with Gasteiger partial charge in [-0.1, -0.05) is 153 Å². The minimum atomic E-state index is -0.0890. The van der Waals surface area contributed by atoms with Crippen molar-refractivity contribution in [2.24, 2.45) is 0 Å². The van der Waals surface area contributed by atoms with Crippen LogP contribution in [0.25, 0.3) is 64.3 Å². The van der Waals surface area contributed by atoms with Gasteiger partial charge in [0.2, 0.25) is 0 Å². The molecule has 0 fully saturated rings. The van der Waals surface area contributed by atoms with E-state index in [4.69, 9.17) is 0 Å². The number of rotatable bonds is 5. The van der Waals surface area contributed by atoms with Gasteiger partial charge in [0.1, 0.15) is 0 Å². The van der Waals surface area contributed by atoms with Gasteiger partial charge in [-0.3, -0.25) is 0 Å². The summed E-state index contributed by atoms with van der Waals surface area (Å²) in [6, 6.07) is 65.7. The number of hydrogen-bond donors (Lipinski definition) is 1. The lowest BCUT2D eigenvalue weighted by molar-refractivity contribution is 0.660. The molecule has 61 heavy (non-hydrogen) atoms. The number of benzene rings is 9. The molecule has 9 aromatic carbocycles. The van der Waals surface area contributed by atoms with Gasteiger partial charge in [0.05, 0.1) is 5.69 Å². The van der Waals surface area contributed by atoms with Crippen LogP contribution in [0.15, 0.2) is 176 Å². The Kier molecular flexibility index (Phi) is 8.01. The Morgan fingerprint density at radius 3 is 2.13 bits per heavy atom. The minimum absolute atomic E-state index is 0.0890. The highest BCUT2D eigenvalue weighted by Gasteiger charge is 2.35. The van der Waals surface area contributed by atoms with Crippen molar-refractivity contribution in [3.8, 4) is 33.4 Å². The number of anilines is 5. The Bertz CT molecular complexity index is 3430. The SMILES string of the molecule is Cc1cc(-c2ccc3ccccc3c2Nc2ccc3c(c2)C(C)(C)c2ccccc2-3)c2c(c1)N(c1ccc(-c3ccccc3)cc1C)c1cc3sc4ccccc4c3cc1B2. The lowest BCUT2D eigenvalue weighted by Crippen LogP contribution is -2.41. The summed E-state index contributed by atoms with van der Waals surface area (Å²) in [5, 5.41) is 9.15. The normalized spacial score (nSPS) is 13.5. The maximum Gasteiger partial charge on any atom is 0.198 e. The molecule has 1 aliphatic heterocycles. The Morgan fingerprint density at radius 1 is 0.508 bits per heavy atom. The molecule has 1 aliphatic carbocycles. The number of aryl methyl sites for hydroxylation is 2. The van der Waals surface area contributed by atoms with Crippen LogP contribution in [0.1, 0.15) is 36.1 Å². The third-order valence-electron chi connectivity index (χ3n) is 13.4. The van der Waals surface area contributed by atoms with Crippen LogP contribution in [-0.4, -0.2) is 7.28 Å². The quantitative estimate of drug-likeness (QED) is 0.175. The molecule has 0 radical (unpaired) electrons. The van der Waals surface area contributed by atoms with Gasteiger partial charge in [0.15, 0.2) is 7.28 Å². The summed E-state index contributed by atoms with van der Waals surface area (Å²) in [4.78, 5) is 2.56. The fourth-order valence-electron chi connectivity index (χ4n) is 10.4. The zero-order valence-corrected chi connectivity index (χ0v) is 35.6. The Balaban J connectivity index is 1.07. The monoisotopic (exact) mass is 798 g/mol. The second-order valence-corrected chi connectivity index (χ2v) is 18.6. The number of hydrogen-bond acceptors (Lipinski definition) is 3. The van der Waals surface area contributed by atoms with Crippen molar-refractivity contribution in [3.63, 3.8) is 0 Å². The standard InChI is InChI=1S/C57H43BN2S/c1-34-28-46(44-25-22-37-16-8-9-17-40(37)56(44)59-39-24-26-42-41-18-10-12-20-47(41)57(3,4)48(42)31-39)55-52(29-34)60(50-27-23-38(30-35(50)2)36-14-6-5-7-15-36)51-33-54-45(32-49(51)58-55)43-19-11-13-21-53(43)61-54/h5-33,58-59H,1-4H3. The minimum Gasteiger partial charge on any atom is -0.355 e. The number of nitrogens with one attached hydrogen (secondary N) is 1. The number of fused-ring (bicyclic) bond motifs is 9. The summed E-state index contributed by atoms with van der Waals surface area (Å²) in [7, 11) is 0.829. The van der Waals surface area contributed by atoms with Gasteiger partial charge in [-0.2, -0.15) is 0 Å². The second kappa shape index (κ2) is 13.6. The molecule has 0 unspecified atom stereocenters. The molecule has 0 bridgehead atoms. The predicted octanol–water partition coefficient (Wildman–Crippen LogP) is 14.4. The molecular formula is C57H43BN2S. The second-order valence-electron chi connectivity index (χ2n) is 17.5. The fraction of sp³-hybridized carbons (Fsp3) is 0.0877. The van der Waals surface area contributed by atoms with Crippen molar-refractivity contribution >= 4 is 88.9 Å². The summed E-state index contributed by atoms with van der Waals surface area (Å²) in [6.45, 7) is 9.24. The van der Waals surface area contributed by atoms with Crippen LogP contribution in [0.2, 0.25) is 0 Å². The van der Waals surface area contributed by atoms with E-state index in [0.717, 1.165) is 18.7 Å². The molecule has 2 nitrogen and oxygen atoms in total. The number of nitrogens with zero attached hydrogens (tertiary/aromatic N) is 1. The lowest BCUT2D eigenvalue weighted by Gasteiger charge is -2.36. The molecule has 0 saturated heterocycles. The molecule has 10 aromatic rings. The van der Waals surface area contributed by atoms with Gasteiger partial charge in [-0.25, -0.2) is 0 Å². The molecule has 4 heteroatoms. The summed E-state index contributed by atoms with van der Waals surface area (Å²) >= 11 is 1.89. The van der Waals surface area contributed by atoms with Crippen LogP contribution in [0.4, 0.5) is 28.4 Å². The van der Waals surface area contributed by atoms with Gasteiger partial charge >= 0.3 is 0 Å². The van der Waals surface area contributed by atoms with Crippen molar-refractivity contribution < 1.29 is 0 Å². The van der Waals surface area contributed by atoms with E-state index in [9.17, 15) is 0 Å². The number of thiophene rings is 1. The molecule has 2 heterocycles. The van der Waals surface area contributed by atoms with Gasteiger partial charge in [-0.15, -0.1) is 11.3 Å². The molecule has 0 spiro atoms. The molecule has 2 aliphatic rings. The smallest absolute Gasteiger partial charge is 0.198 e. The van der Waals surface area contributed by atoms with E-state index in [-0.39, 0.29) is 5.41 Å². The van der Waals surface area contributed by atoms with E-state index in [0.29, 0.717) is 0 Å². The van der Waals surface area contributed by atoms with Crippen molar-refractivity contribution in [1.29, 1.82) is 0 Å². The lowest BCUT2D eigenvalue weighted by atomic mass is 9.57. The molecule has 1 aromatic heterocycles. The van der Waals surface area contributed by atoms with Crippen LogP contribution in [0.5, 0.6) is 0 Å². The van der Waals surface area contributed by atoms with Crippen LogP contribution in [0, 0.1) is 13.8 Å². The predicted molar refractivity (Wildman–Crippen MR) is 266 cm³/mol. The van der Waals surface area contributed by atoms with E-state index >= 15 is 0 Å². The maximum atomic E-state index is 4.06. The molecular weight excluding hydrogens is 756 g/mol. The Hall–Kier alpha value is -6.88. The highest BCUT2D eigenvalue weighted by Crippen LogP contribution is 2.50. The first-order chi connectivity index (χ1) is 29.8. The molecule has 290 valence electrons. The van der Waals surface area contributed by atoms with Crippen LogP contribution in [-0.2, 0) is 5.41 Å². The maximum absolute atomic E-state index is 4.06. The fourth-order valence-corrected chi connectivity index (χ4v) is 11.6. The molecule has 0 atom stereocenters. The van der Waals surface area contributed by atoms with Gasteiger partial charge in [-0.05, 0) is 123 Å². The summed E-state index contributed by atoms with van der Waals surface area (Å²) in [5.41, 5.74) is 21.4. The van der Waals surface area contributed by atoms with Crippen LogP contribution >= 0.6 is 11.3 Å². The Labute approximate surface area is 362 Å². The summed E-state index contributed by atoms with van der Waals surface area (Å²) < 4.78 is 2.65. The van der Waals surface area contributed by atoms with Crippen molar-refractivity contribution in [1.82, 2.24) is 0 Å². The van der Waals surface area contributed by atoms with Gasteiger partial charge in [0.25, 0.3) is 0 Å². The first-order valence-corrected chi connectivity index (χ1v) is 22.2. The highest BCUT2D eigenvalue weighted by atomic mass is 32.1. The van der Waals surface area contributed by atoms with Gasteiger partial charge in [0, 0.05) is 53.9 Å². The third kappa shape index (κ3) is 5.62. The zero-order chi connectivity index (χ0) is 41.0.